The molecule has 0 bridgehead atoms. The van der Waals surface area contributed by atoms with Gasteiger partial charge in [-0.3, -0.25) is 0 Å². The van der Waals surface area contributed by atoms with Crippen molar-refractivity contribution in [3.05, 3.63) is 69.2 Å². The van der Waals surface area contributed by atoms with Gasteiger partial charge in [-0.1, -0.05) is 58.2 Å². The molecule has 0 aromatic heterocycles. The van der Waals surface area contributed by atoms with Gasteiger partial charge in [0.15, 0.2) is 0 Å². The lowest BCUT2D eigenvalue weighted by Crippen LogP contribution is -2.03. The Morgan fingerprint density at radius 3 is 2.71 bits per heavy atom. The molecule has 2 aromatic rings. The van der Waals surface area contributed by atoms with Crippen LogP contribution in [-0.2, 0) is 11.3 Å². The van der Waals surface area contributed by atoms with Crippen LogP contribution in [0.4, 0.5) is 0 Å². The number of rotatable bonds is 9. The van der Waals surface area contributed by atoms with E-state index in [1.54, 1.807) is 12.1 Å². The first kappa shape index (κ1) is 20.8. The molecule has 1 aliphatic carbocycles. The molecule has 0 saturated heterocycles. The Morgan fingerprint density at radius 1 is 1.04 bits per heavy atom. The van der Waals surface area contributed by atoms with Crippen LogP contribution in [0.2, 0.25) is 5.02 Å². The second-order valence-electron chi connectivity index (χ2n) is 6.12. The molecule has 0 spiro atoms. The fraction of sp³-hybridized carbons (Fsp3) is 0.286. The van der Waals surface area contributed by atoms with Crippen LogP contribution in [0.15, 0.2) is 58.2 Å². The first-order valence-corrected chi connectivity index (χ1v) is 10.1. The summed E-state index contributed by atoms with van der Waals surface area (Å²) in [5, 5.41) is 4.96. The molecule has 0 N–H and O–H groups in total. The van der Waals surface area contributed by atoms with E-state index in [2.05, 4.69) is 5.16 Å². The summed E-state index contributed by atoms with van der Waals surface area (Å²) >= 11 is 17.2. The maximum Gasteiger partial charge on any atom is 0.123 e. The van der Waals surface area contributed by atoms with Gasteiger partial charge in [-0.05, 0) is 43.2 Å². The Morgan fingerprint density at radius 2 is 1.89 bits per heavy atom. The van der Waals surface area contributed by atoms with Gasteiger partial charge < -0.3 is 14.3 Å². The highest BCUT2D eigenvalue weighted by molar-refractivity contribution is 6.55. The van der Waals surface area contributed by atoms with Gasteiger partial charge in [-0.25, -0.2) is 0 Å². The Balaban J connectivity index is 1.47. The quantitative estimate of drug-likeness (QED) is 0.345. The zero-order valence-corrected chi connectivity index (χ0v) is 17.4. The molecule has 0 amide bonds. The molecule has 7 heteroatoms. The molecule has 4 nitrogen and oxygen atoms in total. The lowest BCUT2D eigenvalue weighted by atomic mass is 10.1. The predicted octanol–water partition coefficient (Wildman–Crippen LogP) is 6.17. The van der Waals surface area contributed by atoms with E-state index < -0.39 is 0 Å². The molecule has 3 rings (SSSR count). The number of hydrogen-bond donors (Lipinski definition) is 0. The number of benzene rings is 2. The summed E-state index contributed by atoms with van der Waals surface area (Å²) in [5.74, 6) is 1.57. The van der Waals surface area contributed by atoms with Crippen LogP contribution in [0.1, 0.15) is 24.0 Å². The van der Waals surface area contributed by atoms with Crippen molar-refractivity contribution in [2.24, 2.45) is 5.16 Å². The summed E-state index contributed by atoms with van der Waals surface area (Å²) in [7, 11) is 0. The Hall–Kier alpha value is -1.88. The molecule has 0 radical (unpaired) electrons. The summed E-state index contributed by atoms with van der Waals surface area (Å²) in [6.07, 6.45) is 4.02. The SMILES string of the molecule is ClC(Cl)=CCOc1cccc2c1CC/C2=N\OCCCOc1cccc(Cl)c1. The average molecular weight is 441 g/mol. The van der Waals surface area contributed by atoms with Gasteiger partial charge in [0, 0.05) is 22.6 Å². The van der Waals surface area contributed by atoms with Gasteiger partial charge in [0.25, 0.3) is 0 Å². The zero-order valence-electron chi connectivity index (χ0n) is 15.2. The monoisotopic (exact) mass is 439 g/mol. The first-order chi connectivity index (χ1) is 13.6. The van der Waals surface area contributed by atoms with Crippen LogP contribution >= 0.6 is 34.8 Å². The molecule has 0 heterocycles. The highest BCUT2D eigenvalue weighted by Crippen LogP contribution is 2.31. The maximum atomic E-state index is 5.93. The van der Waals surface area contributed by atoms with E-state index in [4.69, 9.17) is 49.1 Å². The minimum absolute atomic E-state index is 0.197. The number of oxime groups is 1. The lowest BCUT2D eigenvalue weighted by molar-refractivity contribution is 0.127. The van der Waals surface area contributed by atoms with Gasteiger partial charge in [-0.2, -0.15) is 0 Å². The summed E-state index contributed by atoms with van der Waals surface area (Å²) in [4.78, 5) is 5.49. The van der Waals surface area contributed by atoms with Crippen LogP contribution in [0.3, 0.4) is 0 Å². The third kappa shape index (κ3) is 6.06. The van der Waals surface area contributed by atoms with Gasteiger partial charge in [0.1, 0.15) is 29.2 Å². The van der Waals surface area contributed by atoms with E-state index in [0.29, 0.717) is 24.8 Å². The molecule has 2 aromatic carbocycles. The van der Waals surface area contributed by atoms with Crippen LogP contribution in [-0.4, -0.2) is 25.5 Å². The van der Waals surface area contributed by atoms with Crippen molar-refractivity contribution in [3.63, 3.8) is 0 Å². The second-order valence-corrected chi connectivity index (χ2v) is 7.56. The summed E-state index contributed by atoms with van der Waals surface area (Å²) < 4.78 is 11.6. The smallest absolute Gasteiger partial charge is 0.123 e. The van der Waals surface area contributed by atoms with Crippen molar-refractivity contribution in [1.29, 1.82) is 0 Å². The highest BCUT2D eigenvalue weighted by Gasteiger charge is 2.21. The van der Waals surface area contributed by atoms with E-state index in [1.165, 1.54) is 0 Å². The van der Waals surface area contributed by atoms with Crippen LogP contribution < -0.4 is 9.47 Å². The highest BCUT2D eigenvalue weighted by atomic mass is 35.5. The van der Waals surface area contributed by atoms with Gasteiger partial charge >= 0.3 is 0 Å². The topological polar surface area (TPSA) is 40.0 Å². The van der Waals surface area contributed by atoms with Crippen LogP contribution in [0, 0.1) is 0 Å². The third-order valence-corrected chi connectivity index (χ3v) is 4.70. The number of hydrogen-bond acceptors (Lipinski definition) is 4. The van der Waals surface area contributed by atoms with E-state index in [1.807, 2.05) is 36.4 Å². The van der Waals surface area contributed by atoms with Crippen LogP contribution in [0.5, 0.6) is 11.5 Å². The number of fused-ring (bicyclic) bond motifs is 1. The number of halogens is 3. The van der Waals surface area contributed by atoms with Crippen molar-refractivity contribution >= 4 is 40.5 Å². The molecule has 0 fully saturated rings. The molecule has 148 valence electrons. The van der Waals surface area contributed by atoms with Crippen molar-refractivity contribution in [2.45, 2.75) is 19.3 Å². The largest absolute Gasteiger partial charge is 0.493 e. The van der Waals surface area contributed by atoms with Crippen molar-refractivity contribution in [3.8, 4) is 11.5 Å². The second kappa shape index (κ2) is 10.6. The summed E-state index contributed by atoms with van der Waals surface area (Å²) in [6.45, 7) is 1.35. The minimum Gasteiger partial charge on any atom is -0.493 e. The van der Waals surface area contributed by atoms with E-state index in [9.17, 15) is 0 Å². The number of nitrogens with zero attached hydrogens (tertiary/aromatic N) is 1. The fourth-order valence-electron chi connectivity index (χ4n) is 2.89. The van der Waals surface area contributed by atoms with E-state index in [0.717, 1.165) is 47.6 Å². The molecule has 0 atom stereocenters. The van der Waals surface area contributed by atoms with Gasteiger partial charge in [0.2, 0.25) is 0 Å². The summed E-state index contributed by atoms with van der Waals surface area (Å²) in [6, 6.07) is 13.2. The molecule has 0 saturated carbocycles. The van der Waals surface area contributed by atoms with Gasteiger partial charge in [0.05, 0.1) is 12.3 Å². The van der Waals surface area contributed by atoms with E-state index >= 15 is 0 Å². The Kier molecular flexibility index (Phi) is 7.90. The molecular formula is C21H20Cl3NO3. The summed E-state index contributed by atoms with van der Waals surface area (Å²) in [5.41, 5.74) is 3.13. The Labute approximate surface area is 179 Å². The van der Waals surface area contributed by atoms with E-state index in [-0.39, 0.29) is 4.49 Å². The lowest BCUT2D eigenvalue weighted by Gasteiger charge is -2.09. The van der Waals surface area contributed by atoms with Crippen LogP contribution in [0.25, 0.3) is 0 Å². The fourth-order valence-corrected chi connectivity index (χ4v) is 3.20. The standard InChI is InChI=1S/C21H20Cl3NO3/c22-15-4-1-5-16(14-15)26-11-3-12-28-25-19-9-8-18-17(19)6-2-7-20(18)27-13-10-21(23)24/h1-2,4-7,10,14H,3,8-9,11-13H2/b25-19+. The normalized spacial score (nSPS) is 13.9. The van der Waals surface area contributed by atoms with Crippen molar-refractivity contribution in [2.75, 3.05) is 19.8 Å². The maximum absolute atomic E-state index is 5.93. The average Bonchev–Trinajstić information content (AvgIpc) is 3.08. The first-order valence-electron chi connectivity index (χ1n) is 8.97. The van der Waals surface area contributed by atoms with Crippen molar-refractivity contribution < 1.29 is 14.3 Å². The predicted molar refractivity (Wildman–Crippen MR) is 114 cm³/mol. The molecule has 28 heavy (non-hydrogen) atoms. The minimum atomic E-state index is 0.197. The molecular weight excluding hydrogens is 421 g/mol. The number of ether oxygens (including phenoxy) is 2. The third-order valence-electron chi connectivity index (χ3n) is 4.15. The zero-order chi connectivity index (χ0) is 19.8. The van der Waals surface area contributed by atoms with Gasteiger partial charge in [-0.15, -0.1) is 0 Å². The molecule has 1 aliphatic rings. The molecule has 0 aliphatic heterocycles. The molecule has 0 unspecified atom stereocenters. The Bertz CT molecular complexity index is 864. The van der Waals surface area contributed by atoms with Crippen molar-refractivity contribution in [1.82, 2.24) is 0 Å².